The molecule has 0 amide bonds. The number of nitrogens with one attached hydrogen (secondary N) is 1. The molecular formula is C9H18N2O3. The molecule has 0 aromatic carbocycles. The summed E-state index contributed by atoms with van der Waals surface area (Å²) in [6.45, 7) is 6.47. The van der Waals surface area contributed by atoms with Gasteiger partial charge in [0.05, 0.1) is 0 Å². The maximum atomic E-state index is 11.4. The zero-order valence-electron chi connectivity index (χ0n) is 9.30. The fraction of sp³-hybridized carbons (Fsp3) is 0.778. The first-order chi connectivity index (χ1) is 6.10. The summed E-state index contributed by atoms with van der Waals surface area (Å²) in [5, 5.41) is 2.54. The van der Waals surface area contributed by atoms with Gasteiger partial charge in [0.2, 0.25) is 0 Å². The third-order valence-electron chi connectivity index (χ3n) is 1.58. The Balaban J connectivity index is 4.50. The van der Waals surface area contributed by atoms with Gasteiger partial charge in [-0.15, -0.1) is 0 Å². The number of likely N-dealkylation sites (N-methyl/N-ethyl adjacent to an activating group) is 1. The Morgan fingerprint density at radius 3 is 1.93 bits per heavy atom. The Morgan fingerprint density at radius 2 is 1.64 bits per heavy atom. The molecule has 0 aromatic heterocycles. The fourth-order valence-electron chi connectivity index (χ4n) is 0.650. The van der Waals surface area contributed by atoms with Gasteiger partial charge in [-0.05, 0) is 34.7 Å². The van der Waals surface area contributed by atoms with Gasteiger partial charge in [-0.25, -0.2) is 4.79 Å². The van der Waals surface area contributed by atoms with Crippen LogP contribution in [-0.2, 0) is 14.3 Å². The third kappa shape index (κ3) is 3.85. The number of Topliss-reactive ketones (excluding diaryl/α,β-unsaturated/α-hetero) is 1. The van der Waals surface area contributed by atoms with Crippen LogP contribution in [0.2, 0.25) is 0 Å². The van der Waals surface area contributed by atoms with E-state index in [1.807, 2.05) is 0 Å². The SMILES string of the molecule is CN[C@@](C)(N)C(=O)C(=O)OC(C)(C)C. The van der Waals surface area contributed by atoms with E-state index in [9.17, 15) is 9.59 Å². The van der Waals surface area contributed by atoms with Crippen molar-refractivity contribution in [2.75, 3.05) is 7.05 Å². The number of ketones is 1. The molecule has 82 valence electrons. The quantitative estimate of drug-likeness (QED) is 0.376. The Kier molecular flexibility index (Phi) is 3.79. The number of esters is 1. The van der Waals surface area contributed by atoms with Crippen LogP contribution in [0.1, 0.15) is 27.7 Å². The maximum Gasteiger partial charge on any atom is 0.378 e. The summed E-state index contributed by atoms with van der Waals surface area (Å²) < 4.78 is 4.88. The molecule has 0 aliphatic rings. The first kappa shape index (κ1) is 13.1. The molecule has 0 fully saturated rings. The van der Waals surface area contributed by atoms with Crippen molar-refractivity contribution in [1.29, 1.82) is 0 Å². The van der Waals surface area contributed by atoms with Crippen LogP contribution in [0.25, 0.3) is 0 Å². The summed E-state index contributed by atoms with van der Waals surface area (Å²) in [6.07, 6.45) is 0. The second-order valence-electron chi connectivity index (χ2n) is 4.28. The van der Waals surface area contributed by atoms with Gasteiger partial charge in [0, 0.05) is 0 Å². The highest BCUT2D eigenvalue weighted by atomic mass is 16.6. The first-order valence-corrected chi connectivity index (χ1v) is 4.36. The molecular weight excluding hydrogens is 184 g/mol. The summed E-state index contributed by atoms with van der Waals surface area (Å²) in [7, 11) is 1.50. The molecule has 14 heavy (non-hydrogen) atoms. The smallest absolute Gasteiger partial charge is 0.378 e. The Morgan fingerprint density at radius 1 is 1.21 bits per heavy atom. The second-order valence-corrected chi connectivity index (χ2v) is 4.28. The fourth-order valence-corrected chi connectivity index (χ4v) is 0.650. The van der Waals surface area contributed by atoms with Crippen molar-refractivity contribution in [1.82, 2.24) is 5.32 Å². The minimum Gasteiger partial charge on any atom is -0.454 e. The topological polar surface area (TPSA) is 81.4 Å². The van der Waals surface area contributed by atoms with Gasteiger partial charge >= 0.3 is 5.97 Å². The van der Waals surface area contributed by atoms with Crippen LogP contribution in [0.15, 0.2) is 0 Å². The number of carbonyl (C=O) groups excluding carboxylic acids is 2. The van der Waals surface area contributed by atoms with Crippen LogP contribution in [0.5, 0.6) is 0 Å². The molecule has 1 atom stereocenters. The number of hydrogen-bond donors (Lipinski definition) is 2. The number of rotatable bonds is 3. The third-order valence-corrected chi connectivity index (χ3v) is 1.58. The van der Waals surface area contributed by atoms with E-state index in [4.69, 9.17) is 10.5 Å². The molecule has 0 saturated carbocycles. The highest BCUT2D eigenvalue weighted by molar-refractivity contribution is 6.37. The van der Waals surface area contributed by atoms with E-state index >= 15 is 0 Å². The molecule has 0 aliphatic carbocycles. The molecule has 0 bridgehead atoms. The molecule has 5 heteroatoms. The number of nitrogens with two attached hydrogens (primary N) is 1. The molecule has 0 radical (unpaired) electrons. The van der Waals surface area contributed by atoms with Gasteiger partial charge in [0.1, 0.15) is 11.3 Å². The van der Waals surface area contributed by atoms with Crippen molar-refractivity contribution in [3.8, 4) is 0 Å². The molecule has 0 unspecified atom stereocenters. The Labute approximate surface area is 84.0 Å². The van der Waals surface area contributed by atoms with E-state index in [1.165, 1.54) is 14.0 Å². The lowest BCUT2D eigenvalue weighted by atomic mass is 10.1. The highest BCUT2D eigenvalue weighted by Gasteiger charge is 2.35. The lowest BCUT2D eigenvalue weighted by Gasteiger charge is -2.24. The minimum atomic E-state index is -1.37. The summed E-state index contributed by atoms with van der Waals surface area (Å²) >= 11 is 0. The van der Waals surface area contributed by atoms with Crippen LogP contribution in [0.4, 0.5) is 0 Å². The molecule has 0 rings (SSSR count). The van der Waals surface area contributed by atoms with E-state index in [1.54, 1.807) is 20.8 Å². The summed E-state index contributed by atoms with van der Waals surface area (Å²) in [6, 6.07) is 0. The average molecular weight is 202 g/mol. The van der Waals surface area contributed by atoms with Gasteiger partial charge < -0.3 is 10.5 Å². The molecule has 0 aromatic rings. The van der Waals surface area contributed by atoms with Gasteiger partial charge in [-0.2, -0.15) is 0 Å². The van der Waals surface area contributed by atoms with Crippen LogP contribution in [-0.4, -0.2) is 30.1 Å². The predicted octanol–water partition coefficient (Wildman–Crippen LogP) is -0.208. The predicted molar refractivity (Wildman–Crippen MR) is 52.5 cm³/mol. The number of carbonyl (C=O) groups is 2. The lowest BCUT2D eigenvalue weighted by molar-refractivity contribution is -0.164. The van der Waals surface area contributed by atoms with Crippen LogP contribution >= 0.6 is 0 Å². The van der Waals surface area contributed by atoms with Crippen molar-refractivity contribution in [2.24, 2.45) is 5.73 Å². The standard InChI is InChI=1S/C9H18N2O3/c1-8(2,3)14-7(13)6(12)9(4,10)11-5/h11H,10H2,1-5H3/t9-/m1/s1. The summed E-state index contributed by atoms with van der Waals surface area (Å²) in [5.74, 6) is -1.70. The summed E-state index contributed by atoms with van der Waals surface area (Å²) in [4.78, 5) is 22.7. The lowest BCUT2D eigenvalue weighted by Crippen LogP contribution is -2.58. The van der Waals surface area contributed by atoms with Gasteiger partial charge in [-0.3, -0.25) is 10.1 Å². The number of ether oxygens (including phenoxy) is 1. The van der Waals surface area contributed by atoms with Crippen LogP contribution in [0, 0.1) is 0 Å². The zero-order valence-corrected chi connectivity index (χ0v) is 9.30. The van der Waals surface area contributed by atoms with Crippen molar-refractivity contribution in [3.63, 3.8) is 0 Å². The van der Waals surface area contributed by atoms with E-state index in [-0.39, 0.29) is 0 Å². The van der Waals surface area contributed by atoms with Crippen molar-refractivity contribution >= 4 is 11.8 Å². The first-order valence-electron chi connectivity index (χ1n) is 4.36. The Hall–Kier alpha value is -0.940. The zero-order chi connectivity index (χ0) is 11.6. The van der Waals surface area contributed by atoms with Gasteiger partial charge in [-0.1, -0.05) is 0 Å². The molecule has 0 saturated heterocycles. The van der Waals surface area contributed by atoms with Crippen molar-refractivity contribution in [2.45, 2.75) is 39.0 Å². The number of hydrogen-bond acceptors (Lipinski definition) is 5. The van der Waals surface area contributed by atoms with Crippen LogP contribution < -0.4 is 11.1 Å². The van der Waals surface area contributed by atoms with E-state index in [0.29, 0.717) is 0 Å². The molecule has 0 heterocycles. The molecule has 0 aliphatic heterocycles. The van der Waals surface area contributed by atoms with Crippen molar-refractivity contribution in [3.05, 3.63) is 0 Å². The van der Waals surface area contributed by atoms with E-state index in [0.717, 1.165) is 0 Å². The average Bonchev–Trinajstić information content (AvgIpc) is 2.00. The maximum absolute atomic E-state index is 11.4. The van der Waals surface area contributed by atoms with Crippen LogP contribution in [0.3, 0.4) is 0 Å². The van der Waals surface area contributed by atoms with Gasteiger partial charge in [0.15, 0.2) is 0 Å². The molecule has 5 nitrogen and oxygen atoms in total. The van der Waals surface area contributed by atoms with E-state index in [2.05, 4.69) is 5.32 Å². The monoisotopic (exact) mass is 202 g/mol. The molecule has 3 N–H and O–H groups in total. The summed E-state index contributed by atoms with van der Waals surface area (Å²) in [5.41, 5.74) is 3.46. The molecule has 0 spiro atoms. The normalized spacial score (nSPS) is 15.9. The minimum absolute atomic E-state index is 0.684. The largest absolute Gasteiger partial charge is 0.454 e. The van der Waals surface area contributed by atoms with E-state index < -0.39 is 23.0 Å². The van der Waals surface area contributed by atoms with Gasteiger partial charge in [0.25, 0.3) is 5.78 Å². The second kappa shape index (κ2) is 4.06. The van der Waals surface area contributed by atoms with Crippen molar-refractivity contribution < 1.29 is 14.3 Å². The Bertz CT molecular complexity index is 241. The highest BCUT2D eigenvalue weighted by Crippen LogP contribution is 2.09.